The molecule has 1 spiro atoms. The highest BCUT2D eigenvalue weighted by Gasteiger charge is 2.54. The number of benzene rings is 1. The van der Waals surface area contributed by atoms with Crippen molar-refractivity contribution in [3.05, 3.63) is 56.8 Å². The van der Waals surface area contributed by atoms with Gasteiger partial charge in [-0.05, 0) is 68.2 Å². The van der Waals surface area contributed by atoms with Crippen molar-refractivity contribution in [2.24, 2.45) is 0 Å². The molecule has 2 atom stereocenters. The van der Waals surface area contributed by atoms with E-state index in [-0.39, 0.29) is 24.4 Å². The summed E-state index contributed by atoms with van der Waals surface area (Å²) in [6, 6.07) is 7.26. The van der Waals surface area contributed by atoms with Crippen LogP contribution in [0.4, 0.5) is 4.79 Å². The van der Waals surface area contributed by atoms with Crippen molar-refractivity contribution in [1.29, 1.82) is 0 Å². The molecule has 1 aromatic carbocycles. The molecule has 1 saturated heterocycles. The lowest BCUT2D eigenvalue weighted by Gasteiger charge is -2.31. The number of hydrogen-bond acceptors (Lipinski definition) is 4. The van der Waals surface area contributed by atoms with Gasteiger partial charge in [0.15, 0.2) is 0 Å². The van der Waals surface area contributed by atoms with Crippen LogP contribution in [0.2, 0.25) is 0 Å². The van der Waals surface area contributed by atoms with Crippen LogP contribution in [0.5, 0.6) is 0 Å². The second-order valence-corrected chi connectivity index (χ2v) is 8.97. The van der Waals surface area contributed by atoms with Crippen LogP contribution in [0.3, 0.4) is 0 Å². The van der Waals surface area contributed by atoms with E-state index < -0.39 is 11.6 Å². The van der Waals surface area contributed by atoms with Gasteiger partial charge in [0.05, 0.1) is 6.04 Å². The van der Waals surface area contributed by atoms with Crippen molar-refractivity contribution in [2.75, 3.05) is 6.54 Å². The number of imide groups is 1. The van der Waals surface area contributed by atoms with Crippen molar-refractivity contribution in [3.8, 4) is 0 Å². The highest BCUT2D eigenvalue weighted by molar-refractivity contribution is 7.10. The van der Waals surface area contributed by atoms with Gasteiger partial charge >= 0.3 is 6.03 Å². The van der Waals surface area contributed by atoms with Crippen LogP contribution in [0.25, 0.3) is 0 Å². The largest absolute Gasteiger partial charge is 0.348 e. The summed E-state index contributed by atoms with van der Waals surface area (Å²) < 4.78 is 0. The Hall–Kier alpha value is -2.67. The van der Waals surface area contributed by atoms with Crippen molar-refractivity contribution in [1.82, 2.24) is 15.5 Å². The molecule has 6 nitrogen and oxygen atoms in total. The van der Waals surface area contributed by atoms with Crippen LogP contribution in [-0.2, 0) is 21.5 Å². The maximum absolute atomic E-state index is 13.2. The summed E-state index contributed by atoms with van der Waals surface area (Å²) in [6.45, 7) is 5.69. The molecule has 2 heterocycles. The number of aryl methyl sites for hydroxylation is 3. The molecule has 0 radical (unpaired) electrons. The fourth-order valence-electron chi connectivity index (χ4n) is 4.23. The Bertz CT molecular complexity index is 999. The molecule has 2 aliphatic rings. The topological polar surface area (TPSA) is 78.5 Å². The zero-order valence-electron chi connectivity index (χ0n) is 16.9. The highest BCUT2D eigenvalue weighted by Crippen LogP contribution is 2.42. The minimum atomic E-state index is -1.01. The van der Waals surface area contributed by atoms with E-state index in [1.807, 2.05) is 50.4 Å². The molecule has 0 unspecified atom stereocenters. The second-order valence-electron chi connectivity index (χ2n) is 7.97. The van der Waals surface area contributed by atoms with Crippen LogP contribution in [-0.4, -0.2) is 29.3 Å². The third kappa shape index (κ3) is 3.33. The van der Waals surface area contributed by atoms with Gasteiger partial charge in [0.2, 0.25) is 5.91 Å². The van der Waals surface area contributed by atoms with E-state index in [4.69, 9.17) is 0 Å². The summed E-state index contributed by atoms with van der Waals surface area (Å²) >= 11 is 1.61. The minimum Gasteiger partial charge on any atom is -0.348 e. The van der Waals surface area contributed by atoms with Crippen LogP contribution < -0.4 is 10.6 Å². The van der Waals surface area contributed by atoms with Crippen LogP contribution in [0.1, 0.15) is 52.9 Å². The van der Waals surface area contributed by atoms with Gasteiger partial charge in [-0.15, -0.1) is 11.3 Å². The summed E-state index contributed by atoms with van der Waals surface area (Å²) in [5.74, 6) is -0.673. The van der Waals surface area contributed by atoms with E-state index in [9.17, 15) is 14.4 Å². The Kier molecular flexibility index (Phi) is 4.94. The Balaban J connectivity index is 1.47. The molecule has 1 aromatic heterocycles. The Morgan fingerprint density at radius 1 is 1.28 bits per heavy atom. The lowest BCUT2D eigenvalue weighted by molar-refractivity contribution is -0.135. The van der Waals surface area contributed by atoms with E-state index >= 15 is 0 Å². The van der Waals surface area contributed by atoms with Gasteiger partial charge in [0.1, 0.15) is 12.1 Å². The van der Waals surface area contributed by atoms with Crippen LogP contribution in [0, 0.1) is 13.8 Å². The predicted octanol–water partition coefficient (Wildman–Crippen LogP) is 3.33. The van der Waals surface area contributed by atoms with E-state index in [1.165, 1.54) is 5.56 Å². The Morgan fingerprint density at radius 3 is 2.83 bits per heavy atom. The van der Waals surface area contributed by atoms with Crippen molar-refractivity contribution < 1.29 is 14.4 Å². The van der Waals surface area contributed by atoms with Crippen molar-refractivity contribution in [3.63, 3.8) is 0 Å². The normalized spacial score (nSPS) is 21.8. The van der Waals surface area contributed by atoms with Gasteiger partial charge in [0, 0.05) is 10.4 Å². The molecule has 29 heavy (non-hydrogen) atoms. The van der Waals surface area contributed by atoms with Crippen LogP contribution in [0.15, 0.2) is 29.6 Å². The maximum atomic E-state index is 13.2. The summed E-state index contributed by atoms with van der Waals surface area (Å²) in [6.07, 6.45) is 2.33. The fraction of sp³-hybridized carbons (Fsp3) is 0.409. The van der Waals surface area contributed by atoms with Crippen molar-refractivity contribution in [2.45, 2.75) is 51.6 Å². The molecule has 4 rings (SSSR count). The molecule has 2 N–H and O–H groups in total. The number of thiophene rings is 1. The summed E-state index contributed by atoms with van der Waals surface area (Å²) in [4.78, 5) is 40.6. The number of nitrogens with zero attached hydrogens (tertiary/aromatic N) is 1. The van der Waals surface area contributed by atoms with Gasteiger partial charge in [-0.2, -0.15) is 0 Å². The highest BCUT2D eigenvalue weighted by atomic mass is 32.1. The molecule has 1 aliphatic heterocycles. The summed E-state index contributed by atoms with van der Waals surface area (Å²) in [5.41, 5.74) is 3.22. The molecule has 2 aromatic rings. The number of nitrogens with one attached hydrogen (secondary N) is 2. The first-order valence-corrected chi connectivity index (χ1v) is 10.8. The van der Waals surface area contributed by atoms with E-state index in [1.54, 1.807) is 11.3 Å². The average molecular weight is 412 g/mol. The monoisotopic (exact) mass is 411 g/mol. The second kappa shape index (κ2) is 7.30. The Labute approximate surface area is 174 Å². The van der Waals surface area contributed by atoms with Crippen molar-refractivity contribution >= 4 is 29.2 Å². The van der Waals surface area contributed by atoms with E-state index in [2.05, 4.69) is 10.6 Å². The molecular formula is C22H25N3O3S. The molecule has 1 aliphatic carbocycles. The number of carbonyl (C=O) groups is 3. The first-order chi connectivity index (χ1) is 13.8. The minimum absolute atomic E-state index is 0.213. The average Bonchev–Trinajstić information content (AvgIpc) is 3.25. The standard InChI is InChI=1S/C22H25N3O3S/c1-13-6-7-16(11-14(13)2)15(3)23-19(26)12-25-20(27)22(24-21(25)28)9-4-5-18-17(22)8-10-29-18/h6-8,10-11,15H,4-5,9,12H2,1-3H3,(H,23,26)(H,24,28)/t15-,22+/m0/s1. The van der Waals surface area contributed by atoms with Gasteiger partial charge < -0.3 is 10.6 Å². The maximum Gasteiger partial charge on any atom is 0.325 e. The number of amides is 4. The lowest BCUT2D eigenvalue weighted by Crippen LogP contribution is -2.47. The third-order valence-electron chi connectivity index (χ3n) is 6.05. The molecule has 0 saturated carbocycles. The molecule has 152 valence electrons. The zero-order chi connectivity index (χ0) is 20.8. The van der Waals surface area contributed by atoms with E-state index in [0.717, 1.165) is 39.3 Å². The van der Waals surface area contributed by atoms with Crippen LogP contribution >= 0.6 is 11.3 Å². The molecule has 4 amide bonds. The quantitative estimate of drug-likeness (QED) is 0.758. The van der Waals surface area contributed by atoms with Gasteiger partial charge in [0.25, 0.3) is 5.91 Å². The number of fused-ring (bicyclic) bond motifs is 2. The lowest BCUT2D eigenvalue weighted by atomic mass is 9.80. The summed E-state index contributed by atoms with van der Waals surface area (Å²) in [5, 5.41) is 7.74. The number of hydrogen-bond donors (Lipinski definition) is 2. The van der Waals surface area contributed by atoms with Gasteiger partial charge in [-0.1, -0.05) is 18.2 Å². The smallest absolute Gasteiger partial charge is 0.325 e. The molecule has 7 heteroatoms. The number of rotatable bonds is 4. The third-order valence-corrected chi connectivity index (χ3v) is 7.03. The number of urea groups is 1. The molecular weight excluding hydrogens is 386 g/mol. The summed E-state index contributed by atoms with van der Waals surface area (Å²) in [7, 11) is 0. The predicted molar refractivity (Wildman–Crippen MR) is 112 cm³/mol. The first kappa shape index (κ1) is 19.6. The zero-order valence-corrected chi connectivity index (χ0v) is 17.7. The molecule has 1 fully saturated rings. The fourth-order valence-corrected chi connectivity index (χ4v) is 5.23. The van der Waals surface area contributed by atoms with E-state index in [0.29, 0.717) is 6.42 Å². The Morgan fingerprint density at radius 2 is 2.07 bits per heavy atom. The SMILES string of the molecule is Cc1ccc([C@H](C)NC(=O)CN2C(=O)N[C@@]3(CCCc4sccc43)C2=O)cc1C. The first-order valence-electron chi connectivity index (χ1n) is 9.89. The van der Waals surface area contributed by atoms with Gasteiger partial charge in [-0.25, -0.2) is 4.79 Å². The number of carbonyl (C=O) groups excluding carboxylic acids is 3. The van der Waals surface area contributed by atoms with Gasteiger partial charge in [-0.3, -0.25) is 14.5 Å². The molecule has 0 bridgehead atoms.